The molecule has 0 aliphatic carbocycles. The Morgan fingerprint density at radius 3 is 2.88 bits per heavy atom. The Bertz CT molecular complexity index is 218. The number of rotatable bonds is 6. The van der Waals surface area contributed by atoms with Crippen LogP contribution in [0.3, 0.4) is 0 Å². The highest BCUT2D eigenvalue weighted by Crippen LogP contribution is 2.15. The highest BCUT2D eigenvalue weighted by molar-refractivity contribution is 5.85. The van der Waals surface area contributed by atoms with E-state index in [-0.39, 0.29) is 19.0 Å². The molecule has 0 radical (unpaired) electrons. The van der Waals surface area contributed by atoms with Gasteiger partial charge in [0.1, 0.15) is 24.9 Å². The quantitative estimate of drug-likeness (QED) is 0.625. The van der Waals surface area contributed by atoms with Crippen molar-refractivity contribution in [1.82, 2.24) is 0 Å². The van der Waals surface area contributed by atoms with Crippen molar-refractivity contribution < 1.29 is 24.5 Å². The van der Waals surface area contributed by atoms with Gasteiger partial charge in [-0.3, -0.25) is 4.79 Å². The van der Waals surface area contributed by atoms with Crippen LogP contribution in [0.5, 0.6) is 0 Å². The van der Waals surface area contributed by atoms with E-state index in [1.54, 1.807) is 0 Å². The van der Waals surface area contributed by atoms with E-state index in [9.17, 15) is 9.90 Å². The van der Waals surface area contributed by atoms with Crippen molar-refractivity contribution in [3.8, 4) is 0 Å². The SMILES string of the molecule is CCCCCO[C@@H]1C(=O)CO[C@H](CO)[C@H]1O. The van der Waals surface area contributed by atoms with Gasteiger partial charge in [0.2, 0.25) is 0 Å². The molecule has 5 nitrogen and oxygen atoms in total. The Morgan fingerprint density at radius 2 is 2.25 bits per heavy atom. The van der Waals surface area contributed by atoms with Gasteiger partial charge in [-0.2, -0.15) is 0 Å². The molecule has 16 heavy (non-hydrogen) atoms. The predicted octanol–water partition coefficient (Wildman–Crippen LogP) is -0.117. The molecule has 1 saturated heterocycles. The first kappa shape index (κ1) is 13.6. The van der Waals surface area contributed by atoms with Crippen LogP contribution in [0.15, 0.2) is 0 Å². The minimum absolute atomic E-state index is 0.0965. The molecule has 1 aliphatic rings. The maximum Gasteiger partial charge on any atom is 0.189 e. The van der Waals surface area contributed by atoms with E-state index < -0.39 is 18.3 Å². The summed E-state index contributed by atoms with van der Waals surface area (Å²) in [6.45, 7) is 2.14. The van der Waals surface area contributed by atoms with Crippen LogP contribution >= 0.6 is 0 Å². The number of hydrogen-bond acceptors (Lipinski definition) is 5. The fraction of sp³-hybridized carbons (Fsp3) is 0.909. The largest absolute Gasteiger partial charge is 0.394 e. The van der Waals surface area contributed by atoms with Gasteiger partial charge in [-0.1, -0.05) is 19.8 Å². The molecule has 0 amide bonds. The third-order valence-electron chi connectivity index (χ3n) is 2.67. The van der Waals surface area contributed by atoms with Crippen molar-refractivity contribution in [2.45, 2.75) is 44.5 Å². The third-order valence-corrected chi connectivity index (χ3v) is 2.67. The summed E-state index contributed by atoms with van der Waals surface area (Å²) in [7, 11) is 0. The third kappa shape index (κ3) is 3.52. The molecule has 0 aromatic rings. The summed E-state index contributed by atoms with van der Waals surface area (Å²) in [5, 5.41) is 18.6. The lowest BCUT2D eigenvalue weighted by atomic mass is 10.0. The van der Waals surface area contributed by atoms with E-state index in [0.29, 0.717) is 6.61 Å². The minimum Gasteiger partial charge on any atom is -0.394 e. The van der Waals surface area contributed by atoms with Gasteiger partial charge < -0.3 is 19.7 Å². The van der Waals surface area contributed by atoms with Gasteiger partial charge in [0.25, 0.3) is 0 Å². The zero-order valence-electron chi connectivity index (χ0n) is 9.59. The second kappa shape index (κ2) is 6.96. The summed E-state index contributed by atoms with van der Waals surface area (Å²) >= 11 is 0. The molecule has 94 valence electrons. The maximum absolute atomic E-state index is 11.4. The zero-order chi connectivity index (χ0) is 12.0. The molecule has 1 rings (SSSR count). The number of ketones is 1. The summed E-state index contributed by atoms with van der Waals surface area (Å²) in [5.74, 6) is -0.256. The van der Waals surface area contributed by atoms with Crippen molar-refractivity contribution in [2.75, 3.05) is 19.8 Å². The topological polar surface area (TPSA) is 76.0 Å². The van der Waals surface area contributed by atoms with E-state index in [4.69, 9.17) is 14.6 Å². The second-order valence-corrected chi connectivity index (χ2v) is 3.99. The number of unbranched alkanes of at least 4 members (excludes halogenated alkanes) is 2. The van der Waals surface area contributed by atoms with Gasteiger partial charge in [-0.15, -0.1) is 0 Å². The van der Waals surface area contributed by atoms with Crippen LogP contribution in [0.25, 0.3) is 0 Å². The fourth-order valence-corrected chi connectivity index (χ4v) is 1.67. The van der Waals surface area contributed by atoms with Crippen LogP contribution in [-0.4, -0.2) is 54.1 Å². The molecule has 0 aromatic heterocycles. The van der Waals surface area contributed by atoms with Crippen molar-refractivity contribution in [2.24, 2.45) is 0 Å². The van der Waals surface area contributed by atoms with Crippen molar-refractivity contribution >= 4 is 5.78 Å². The average Bonchev–Trinajstić information content (AvgIpc) is 2.28. The maximum atomic E-state index is 11.4. The van der Waals surface area contributed by atoms with E-state index in [1.807, 2.05) is 0 Å². The predicted molar refractivity (Wildman–Crippen MR) is 57.1 cm³/mol. The second-order valence-electron chi connectivity index (χ2n) is 3.99. The van der Waals surface area contributed by atoms with Gasteiger partial charge >= 0.3 is 0 Å². The smallest absolute Gasteiger partial charge is 0.189 e. The molecule has 0 bridgehead atoms. The lowest BCUT2D eigenvalue weighted by molar-refractivity contribution is -0.179. The molecule has 5 heteroatoms. The van der Waals surface area contributed by atoms with Crippen molar-refractivity contribution in [1.29, 1.82) is 0 Å². The lowest BCUT2D eigenvalue weighted by Crippen LogP contribution is -2.53. The standard InChI is InChI=1S/C11H20O5/c1-2-3-4-5-15-11-8(13)7-16-9(6-12)10(11)14/h9-12,14H,2-7H2,1H3/t9-,10-,11-/m1/s1. The Labute approximate surface area is 95.4 Å². The van der Waals surface area contributed by atoms with Gasteiger partial charge in [-0.05, 0) is 6.42 Å². The summed E-state index contributed by atoms with van der Waals surface area (Å²) in [6, 6.07) is 0. The van der Waals surface area contributed by atoms with Gasteiger partial charge in [-0.25, -0.2) is 0 Å². The Balaban J connectivity index is 2.38. The number of Topliss-reactive ketones (excluding diaryl/α,β-unsaturated/α-hetero) is 1. The Kier molecular flexibility index (Phi) is 5.90. The van der Waals surface area contributed by atoms with E-state index in [1.165, 1.54) is 0 Å². The van der Waals surface area contributed by atoms with Gasteiger partial charge in [0, 0.05) is 6.61 Å². The molecule has 0 unspecified atom stereocenters. The van der Waals surface area contributed by atoms with Gasteiger partial charge in [0.15, 0.2) is 5.78 Å². The summed E-state index contributed by atoms with van der Waals surface area (Å²) in [6.07, 6.45) is 0.367. The molecule has 1 aliphatic heterocycles. The Morgan fingerprint density at radius 1 is 1.50 bits per heavy atom. The van der Waals surface area contributed by atoms with Crippen LogP contribution in [0.1, 0.15) is 26.2 Å². The number of aliphatic hydroxyl groups excluding tert-OH is 2. The van der Waals surface area contributed by atoms with Crippen LogP contribution in [0.4, 0.5) is 0 Å². The van der Waals surface area contributed by atoms with Gasteiger partial charge in [0.05, 0.1) is 6.61 Å². The molecular weight excluding hydrogens is 212 g/mol. The number of carbonyl (C=O) groups excluding carboxylic acids is 1. The van der Waals surface area contributed by atoms with E-state index >= 15 is 0 Å². The first-order chi connectivity index (χ1) is 7.70. The highest BCUT2D eigenvalue weighted by Gasteiger charge is 2.38. The van der Waals surface area contributed by atoms with E-state index in [0.717, 1.165) is 19.3 Å². The molecule has 0 saturated carbocycles. The molecule has 1 fully saturated rings. The first-order valence-corrected chi connectivity index (χ1v) is 5.75. The molecular formula is C11H20O5. The average molecular weight is 232 g/mol. The Hall–Kier alpha value is -0.490. The molecule has 1 heterocycles. The van der Waals surface area contributed by atoms with Crippen LogP contribution in [-0.2, 0) is 14.3 Å². The highest BCUT2D eigenvalue weighted by atomic mass is 16.5. The fourth-order valence-electron chi connectivity index (χ4n) is 1.67. The number of carbonyl (C=O) groups is 1. The number of hydrogen-bond donors (Lipinski definition) is 2. The summed E-state index contributed by atoms with van der Waals surface area (Å²) in [4.78, 5) is 11.4. The molecule has 2 N–H and O–H groups in total. The zero-order valence-corrected chi connectivity index (χ0v) is 9.59. The molecule has 0 spiro atoms. The molecule has 0 aromatic carbocycles. The summed E-state index contributed by atoms with van der Waals surface area (Å²) < 4.78 is 10.3. The number of ether oxygens (including phenoxy) is 2. The van der Waals surface area contributed by atoms with Crippen LogP contribution < -0.4 is 0 Å². The first-order valence-electron chi connectivity index (χ1n) is 5.75. The van der Waals surface area contributed by atoms with E-state index in [2.05, 4.69) is 6.92 Å². The van der Waals surface area contributed by atoms with Crippen molar-refractivity contribution in [3.05, 3.63) is 0 Å². The summed E-state index contributed by atoms with van der Waals surface area (Å²) in [5.41, 5.74) is 0. The van der Waals surface area contributed by atoms with Crippen LogP contribution in [0.2, 0.25) is 0 Å². The normalized spacial score (nSPS) is 30.7. The number of aliphatic hydroxyl groups is 2. The lowest BCUT2D eigenvalue weighted by Gasteiger charge is -2.32. The minimum atomic E-state index is -1.06. The van der Waals surface area contributed by atoms with Crippen molar-refractivity contribution in [3.63, 3.8) is 0 Å². The molecule has 3 atom stereocenters. The monoisotopic (exact) mass is 232 g/mol. The van der Waals surface area contributed by atoms with Crippen LogP contribution in [0, 0.1) is 0 Å².